The van der Waals surface area contributed by atoms with E-state index >= 15 is 0 Å². The SMILES string of the molecule is [BH]C(O)CCO. The summed E-state index contributed by atoms with van der Waals surface area (Å²) >= 11 is 0. The summed E-state index contributed by atoms with van der Waals surface area (Å²) in [7, 11) is 3.22. The Balaban J connectivity index is 2.63. The van der Waals surface area contributed by atoms with E-state index in [-0.39, 0.29) is 6.61 Å². The van der Waals surface area contributed by atoms with Crippen LogP contribution < -0.4 is 0 Å². The molecule has 0 aliphatic carbocycles. The van der Waals surface area contributed by atoms with Crippen LogP contribution in [0.25, 0.3) is 0 Å². The van der Waals surface area contributed by atoms with Crippen LogP contribution in [0, 0.1) is 0 Å². The Morgan fingerprint density at radius 3 is 2.17 bits per heavy atom. The van der Waals surface area contributed by atoms with Crippen LogP contribution in [0.4, 0.5) is 0 Å². The number of rotatable bonds is 2. The topological polar surface area (TPSA) is 40.5 Å². The van der Waals surface area contributed by atoms with Gasteiger partial charge in [-0.2, -0.15) is 0 Å². The Kier molecular flexibility index (Phi) is 3.18. The maximum atomic E-state index is 8.28. The molecule has 0 saturated carbocycles. The fraction of sp³-hybridized carbons (Fsp3) is 1.00. The van der Waals surface area contributed by atoms with Gasteiger partial charge in [-0.25, -0.2) is 0 Å². The minimum Gasteiger partial charge on any atom is -0.402 e. The molecule has 1 radical (unpaired) electrons. The first-order valence-corrected chi connectivity index (χ1v) is 1.89. The van der Waals surface area contributed by atoms with Crippen molar-refractivity contribution in [2.75, 3.05) is 6.61 Å². The zero-order chi connectivity index (χ0) is 4.99. The molecule has 6 heavy (non-hydrogen) atoms. The molecular formula is C3H8BO2. The minimum absolute atomic E-state index is 0.0185. The van der Waals surface area contributed by atoms with Gasteiger partial charge in [-0.15, -0.1) is 0 Å². The molecule has 0 fully saturated rings. The van der Waals surface area contributed by atoms with E-state index < -0.39 is 6.00 Å². The van der Waals surface area contributed by atoms with E-state index in [9.17, 15) is 0 Å². The molecule has 1 atom stereocenters. The summed E-state index contributed by atoms with van der Waals surface area (Å²) in [6, 6.07) is -0.602. The van der Waals surface area contributed by atoms with Crippen molar-refractivity contribution < 1.29 is 10.2 Å². The third-order valence-corrected chi connectivity index (χ3v) is 0.462. The van der Waals surface area contributed by atoms with Gasteiger partial charge in [-0.05, 0) is 6.42 Å². The van der Waals surface area contributed by atoms with Gasteiger partial charge in [0.25, 0.3) is 0 Å². The van der Waals surface area contributed by atoms with E-state index in [0.29, 0.717) is 6.42 Å². The van der Waals surface area contributed by atoms with E-state index in [1.807, 2.05) is 0 Å². The van der Waals surface area contributed by atoms with Crippen molar-refractivity contribution >= 4 is 7.85 Å². The molecule has 3 heteroatoms. The molecule has 2 nitrogen and oxygen atoms in total. The van der Waals surface area contributed by atoms with Crippen molar-refractivity contribution in [3.63, 3.8) is 0 Å². The second-order valence-corrected chi connectivity index (χ2v) is 1.17. The third-order valence-electron chi connectivity index (χ3n) is 0.462. The van der Waals surface area contributed by atoms with E-state index in [0.717, 1.165) is 0 Å². The van der Waals surface area contributed by atoms with Crippen LogP contribution in [0.15, 0.2) is 0 Å². The fourth-order valence-corrected chi connectivity index (χ4v) is 0.149. The van der Waals surface area contributed by atoms with Crippen LogP contribution in [0.1, 0.15) is 6.42 Å². The van der Waals surface area contributed by atoms with Crippen LogP contribution in [-0.4, -0.2) is 30.7 Å². The fourth-order valence-electron chi connectivity index (χ4n) is 0.149. The average Bonchev–Trinajstić information content (AvgIpc) is 1.35. The highest BCUT2D eigenvalue weighted by Gasteiger charge is 1.88. The van der Waals surface area contributed by atoms with Gasteiger partial charge in [0, 0.05) is 12.6 Å². The quantitative estimate of drug-likeness (QED) is 0.406. The number of aliphatic hydroxyl groups excluding tert-OH is 2. The molecular weight excluding hydrogens is 78.8 g/mol. The van der Waals surface area contributed by atoms with Crippen LogP contribution in [-0.2, 0) is 0 Å². The van der Waals surface area contributed by atoms with Crippen LogP contribution >= 0.6 is 0 Å². The van der Waals surface area contributed by atoms with Crippen molar-refractivity contribution in [3.05, 3.63) is 0 Å². The first-order chi connectivity index (χ1) is 2.77. The number of hydrogen-bond donors (Lipinski definition) is 2. The number of hydrogen-bond acceptors (Lipinski definition) is 2. The van der Waals surface area contributed by atoms with Gasteiger partial charge < -0.3 is 10.2 Å². The molecule has 0 bridgehead atoms. The average molecular weight is 86.9 g/mol. The molecule has 0 spiro atoms. The Morgan fingerprint density at radius 1 is 1.67 bits per heavy atom. The van der Waals surface area contributed by atoms with Crippen LogP contribution in [0.2, 0.25) is 0 Å². The Hall–Kier alpha value is -0.0151. The lowest BCUT2D eigenvalue weighted by molar-refractivity contribution is 0.193. The summed E-state index contributed by atoms with van der Waals surface area (Å²) in [4.78, 5) is 0. The molecule has 1 unspecified atom stereocenters. The van der Waals surface area contributed by atoms with Gasteiger partial charge in [0.05, 0.1) is 0 Å². The zero-order valence-corrected chi connectivity index (χ0v) is 3.59. The molecule has 0 amide bonds. The normalized spacial score (nSPS) is 14.3. The number of aliphatic hydroxyl groups is 2. The summed E-state index contributed by atoms with van der Waals surface area (Å²) in [5, 5.41) is 16.3. The lowest BCUT2D eigenvalue weighted by Gasteiger charge is -1.95. The molecule has 0 aromatic rings. The molecule has 0 aliphatic rings. The highest BCUT2D eigenvalue weighted by Crippen LogP contribution is 1.78. The van der Waals surface area contributed by atoms with Gasteiger partial charge in [0.15, 0.2) is 0 Å². The van der Waals surface area contributed by atoms with E-state index in [1.54, 1.807) is 0 Å². The second kappa shape index (κ2) is 3.19. The molecule has 0 aromatic heterocycles. The molecule has 2 N–H and O–H groups in total. The van der Waals surface area contributed by atoms with Gasteiger partial charge in [0.2, 0.25) is 0 Å². The zero-order valence-electron chi connectivity index (χ0n) is 3.59. The molecule has 0 saturated heterocycles. The largest absolute Gasteiger partial charge is 0.402 e. The predicted octanol–water partition coefficient (Wildman–Crippen LogP) is -1.41. The first kappa shape index (κ1) is 5.98. The second-order valence-electron chi connectivity index (χ2n) is 1.17. The molecule has 35 valence electrons. The Labute approximate surface area is 38.2 Å². The summed E-state index contributed by atoms with van der Waals surface area (Å²) in [6.07, 6.45) is 0.375. The van der Waals surface area contributed by atoms with Gasteiger partial charge in [-0.1, -0.05) is 0 Å². The summed E-state index contributed by atoms with van der Waals surface area (Å²) in [5.74, 6) is 0. The lowest BCUT2D eigenvalue weighted by Crippen LogP contribution is -2.06. The molecule has 0 heterocycles. The monoisotopic (exact) mass is 87.1 g/mol. The predicted molar refractivity (Wildman–Crippen MR) is 24.9 cm³/mol. The van der Waals surface area contributed by atoms with Gasteiger partial charge in [0.1, 0.15) is 7.85 Å². The van der Waals surface area contributed by atoms with Crippen molar-refractivity contribution in [3.8, 4) is 0 Å². The highest BCUT2D eigenvalue weighted by atomic mass is 16.3. The Morgan fingerprint density at radius 2 is 2.17 bits per heavy atom. The highest BCUT2D eigenvalue weighted by molar-refractivity contribution is 6.10. The van der Waals surface area contributed by atoms with Crippen LogP contribution in [0.3, 0.4) is 0 Å². The van der Waals surface area contributed by atoms with E-state index in [4.69, 9.17) is 10.2 Å². The van der Waals surface area contributed by atoms with Crippen molar-refractivity contribution in [1.82, 2.24) is 0 Å². The van der Waals surface area contributed by atoms with Crippen molar-refractivity contribution in [1.29, 1.82) is 0 Å². The van der Waals surface area contributed by atoms with Crippen LogP contribution in [0.5, 0.6) is 0 Å². The third kappa shape index (κ3) is 3.98. The van der Waals surface area contributed by atoms with Crippen molar-refractivity contribution in [2.24, 2.45) is 0 Å². The molecule has 0 aliphatic heterocycles. The molecule has 0 rings (SSSR count). The maximum Gasteiger partial charge on any atom is 0.127 e. The smallest absolute Gasteiger partial charge is 0.127 e. The standard InChI is InChI=1S/C3H8BO2/c4-3(6)1-2-5/h3-6H,1-2H2. The van der Waals surface area contributed by atoms with E-state index in [2.05, 4.69) is 7.85 Å². The minimum atomic E-state index is -0.602. The first-order valence-electron chi connectivity index (χ1n) is 1.89. The summed E-state index contributed by atoms with van der Waals surface area (Å²) < 4.78 is 0. The van der Waals surface area contributed by atoms with Gasteiger partial charge in [-0.3, -0.25) is 0 Å². The maximum absolute atomic E-state index is 8.28. The van der Waals surface area contributed by atoms with Gasteiger partial charge >= 0.3 is 0 Å². The summed E-state index contributed by atoms with van der Waals surface area (Å²) in [5.41, 5.74) is 0. The van der Waals surface area contributed by atoms with Crippen molar-refractivity contribution in [2.45, 2.75) is 12.4 Å². The molecule has 0 aromatic carbocycles. The lowest BCUT2D eigenvalue weighted by atomic mass is 9.98. The summed E-state index contributed by atoms with van der Waals surface area (Å²) in [6.45, 7) is 0.0185. The van der Waals surface area contributed by atoms with E-state index in [1.165, 1.54) is 0 Å². The Bertz CT molecular complexity index is 30.0.